The van der Waals surface area contributed by atoms with E-state index in [9.17, 15) is 18.0 Å². The van der Waals surface area contributed by atoms with Gasteiger partial charge in [0, 0.05) is 25.0 Å². The van der Waals surface area contributed by atoms with Crippen LogP contribution >= 0.6 is 0 Å². The summed E-state index contributed by atoms with van der Waals surface area (Å²) in [6.07, 6.45) is 2.11. The van der Waals surface area contributed by atoms with Gasteiger partial charge in [-0.15, -0.1) is 0 Å². The molecule has 0 aliphatic rings. The van der Waals surface area contributed by atoms with Crippen molar-refractivity contribution in [2.45, 2.75) is 72.0 Å². The minimum atomic E-state index is -3.51. The van der Waals surface area contributed by atoms with Crippen molar-refractivity contribution in [2.24, 2.45) is 0 Å². The molecule has 192 valence electrons. The molecule has 2 aromatic carbocycles. The molecule has 0 spiro atoms. The lowest BCUT2D eigenvalue weighted by atomic mass is 10.0. The van der Waals surface area contributed by atoms with Crippen molar-refractivity contribution in [3.8, 4) is 0 Å². The summed E-state index contributed by atoms with van der Waals surface area (Å²) in [7, 11) is -3.51. The summed E-state index contributed by atoms with van der Waals surface area (Å²) in [6.45, 7) is 10.0. The highest BCUT2D eigenvalue weighted by molar-refractivity contribution is 7.92. The Labute approximate surface area is 210 Å². The zero-order valence-electron chi connectivity index (χ0n) is 21.7. The fourth-order valence-corrected chi connectivity index (χ4v) is 4.90. The quantitative estimate of drug-likeness (QED) is 0.498. The molecule has 35 heavy (non-hydrogen) atoms. The van der Waals surface area contributed by atoms with E-state index in [4.69, 9.17) is 0 Å². The van der Waals surface area contributed by atoms with Crippen LogP contribution < -0.4 is 9.62 Å². The zero-order valence-corrected chi connectivity index (χ0v) is 22.6. The second-order valence-electron chi connectivity index (χ2n) is 9.95. The van der Waals surface area contributed by atoms with Gasteiger partial charge in [-0.1, -0.05) is 49.4 Å². The van der Waals surface area contributed by atoms with Crippen LogP contribution in [0.3, 0.4) is 0 Å². The van der Waals surface area contributed by atoms with Crippen LogP contribution in [0, 0.1) is 6.92 Å². The van der Waals surface area contributed by atoms with Crippen molar-refractivity contribution >= 4 is 27.5 Å². The van der Waals surface area contributed by atoms with Gasteiger partial charge in [0.05, 0.1) is 11.9 Å². The molecule has 1 N–H and O–H groups in total. The van der Waals surface area contributed by atoms with Crippen LogP contribution in [0.1, 0.15) is 58.1 Å². The normalized spacial score (nSPS) is 12.6. The van der Waals surface area contributed by atoms with Gasteiger partial charge in [0.1, 0.15) is 6.04 Å². The Balaban J connectivity index is 2.21. The molecule has 7 nitrogen and oxygen atoms in total. The molecule has 0 heterocycles. The van der Waals surface area contributed by atoms with Crippen molar-refractivity contribution < 1.29 is 18.0 Å². The highest BCUT2D eigenvalue weighted by Gasteiger charge is 2.30. The first-order chi connectivity index (χ1) is 16.3. The molecule has 0 radical (unpaired) electrons. The van der Waals surface area contributed by atoms with Crippen molar-refractivity contribution in [3.05, 3.63) is 65.7 Å². The third-order valence-corrected chi connectivity index (χ3v) is 6.72. The molecule has 0 aliphatic carbocycles. The third kappa shape index (κ3) is 9.02. The van der Waals surface area contributed by atoms with E-state index in [-0.39, 0.29) is 24.8 Å². The predicted octanol–water partition coefficient (Wildman–Crippen LogP) is 4.26. The molecular formula is C27H39N3O4S. The summed E-state index contributed by atoms with van der Waals surface area (Å²) in [6, 6.07) is 16.2. The topological polar surface area (TPSA) is 86.8 Å². The summed E-state index contributed by atoms with van der Waals surface area (Å²) < 4.78 is 26.2. The van der Waals surface area contributed by atoms with E-state index < -0.39 is 21.6 Å². The number of amides is 2. The number of nitrogens with one attached hydrogen (secondary N) is 1. The maximum absolute atomic E-state index is 13.4. The number of anilines is 1. The minimum Gasteiger partial charge on any atom is -0.350 e. The van der Waals surface area contributed by atoms with Crippen LogP contribution in [0.4, 0.5) is 5.69 Å². The first-order valence-corrected chi connectivity index (χ1v) is 13.9. The largest absolute Gasteiger partial charge is 0.350 e. The highest BCUT2D eigenvalue weighted by atomic mass is 32.2. The smallest absolute Gasteiger partial charge is 0.243 e. The first-order valence-electron chi connectivity index (χ1n) is 12.0. The van der Waals surface area contributed by atoms with E-state index in [0.717, 1.165) is 11.1 Å². The number of rotatable bonds is 11. The van der Waals surface area contributed by atoms with E-state index in [2.05, 4.69) is 5.32 Å². The zero-order chi connectivity index (χ0) is 26.2. The summed E-state index contributed by atoms with van der Waals surface area (Å²) in [5, 5.41) is 2.99. The van der Waals surface area contributed by atoms with Crippen LogP contribution in [0.2, 0.25) is 0 Å². The fraction of sp³-hybridized carbons (Fsp3) is 0.481. The van der Waals surface area contributed by atoms with Crippen LogP contribution in [-0.4, -0.2) is 49.5 Å². The number of carbonyl (C=O) groups excluding carboxylic acids is 2. The Bertz CT molecular complexity index is 1090. The van der Waals surface area contributed by atoms with Gasteiger partial charge < -0.3 is 10.2 Å². The number of nitrogens with zero attached hydrogens (tertiary/aromatic N) is 2. The lowest BCUT2D eigenvalue weighted by molar-refractivity contribution is -0.142. The molecule has 1 atom stereocenters. The van der Waals surface area contributed by atoms with Gasteiger partial charge >= 0.3 is 0 Å². The molecule has 0 unspecified atom stereocenters. The number of carbonyl (C=O) groups is 2. The average molecular weight is 502 g/mol. The molecule has 0 saturated carbocycles. The van der Waals surface area contributed by atoms with Crippen LogP contribution in [0.5, 0.6) is 0 Å². The van der Waals surface area contributed by atoms with Gasteiger partial charge in [-0.25, -0.2) is 8.42 Å². The van der Waals surface area contributed by atoms with Gasteiger partial charge in [-0.2, -0.15) is 0 Å². The molecule has 0 bridgehead atoms. The average Bonchev–Trinajstić information content (AvgIpc) is 2.75. The molecule has 2 aromatic rings. The lowest BCUT2D eigenvalue weighted by Crippen LogP contribution is -2.53. The maximum Gasteiger partial charge on any atom is 0.243 e. The van der Waals surface area contributed by atoms with Crippen LogP contribution in [0.15, 0.2) is 54.6 Å². The Kier molecular flexibility index (Phi) is 9.89. The summed E-state index contributed by atoms with van der Waals surface area (Å²) in [5.74, 6) is -0.371. The molecule has 0 aliphatic heterocycles. The first kappa shape index (κ1) is 28.4. The van der Waals surface area contributed by atoms with Gasteiger partial charge in [0.2, 0.25) is 21.8 Å². The van der Waals surface area contributed by atoms with E-state index >= 15 is 0 Å². The number of aryl methyl sites for hydroxylation is 1. The van der Waals surface area contributed by atoms with E-state index in [1.165, 1.54) is 10.6 Å². The Morgan fingerprint density at radius 1 is 1.03 bits per heavy atom. The summed E-state index contributed by atoms with van der Waals surface area (Å²) in [5.41, 5.74) is 2.05. The predicted molar refractivity (Wildman–Crippen MR) is 142 cm³/mol. The summed E-state index contributed by atoms with van der Waals surface area (Å²) >= 11 is 0. The minimum absolute atomic E-state index is 0.129. The van der Waals surface area contributed by atoms with Crippen molar-refractivity contribution in [3.63, 3.8) is 0 Å². The van der Waals surface area contributed by atoms with Gasteiger partial charge in [-0.3, -0.25) is 13.9 Å². The van der Waals surface area contributed by atoms with Crippen LogP contribution in [-0.2, 0) is 26.2 Å². The molecule has 2 rings (SSSR count). The molecule has 0 saturated heterocycles. The van der Waals surface area contributed by atoms with Crippen LogP contribution in [0.25, 0.3) is 0 Å². The second-order valence-corrected chi connectivity index (χ2v) is 11.9. The van der Waals surface area contributed by atoms with Gasteiger partial charge in [-0.05, 0) is 63.8 Å². The van der Waals surface area contributed by atoms with Gasteiger partial charge in [0.15, 0.2) is 0 Å². The molecule has 0 fully saturated rings. The number of sulfonamides is 1. The highest BCUT2D eigenvalue weighted by Crippen LogP contribution is 2.21. The Hall–Kier alpha value is -2.87. The monoisotopic (exact) mass is 501 g/mol. The Morgan fingerprint density at radius 2 is 1.69 bits per heavy atom. The lowest BCUT2D eigenvalue weighted by Gasteiger charge is -2.33. The number of hydrogen-bond acceptors (Lipinski definition) is 4. The SMILES string of the molecule is CC[C@H](C(=O)NC(C)(C)C)N(Cc1ccccc1)C(=O)CCCN(c1cccc(C)c1)S(C)(=O)=O. The Morgan fingerprint density at radius 3 is 2.23 bits per heavy atom. The van der Waals surface area contributed by atoms with E-state index in [1.54, 1.807) is 11.0 Å². The third-order valence-electron chi connectivity index (χ3n) is 5.52. The number of hydrogen-bond donors (Lipinski definition) is 1. The molecule has 8 heteroatoms. The van der Waals surface area contributed by atoms with Crippen molar-refractivity contribution in [1.29, 1.82) is 0 Å². The fourth-order valence-electron chi connectivity index (χ4n) is 3.94. The standard InChI is InChI=1S/C27H39N3O4S/c1-7-24(26(32)28-27(3,4)5)29(20-22-14-9-8-10-15-22)25(31)17-12-18-30(35(6,33)34)23-16-11-13-21(2)19-23/h8-11,13-16,19,24H,7,12,17-18,20H2,1-6H3,(H,28,32)/t24-/m1/s1. The van der Waals surface area contributed by atoms with E-state index in [0.29, 0.717) is 25.1 Å². The van der Waals surface area contributed by atoms with E-state index in [1.807, 2.05) is 83.1 Å². The maximum atomic E-state index is 13.4. The molecular weight excluding hydrogens is 462 g/mol. The van der Waals surface area contributed by atoms with Crippen molar-refractivity contribution in [1.82, 2.24) is 10.2 Å². The molecule has 0 aromatic heterocycles. The van der Waals surface area contributed by atoms with Crippen molar-refractivity contribution in [2.75, 3.05) is 17.1 Å². The molecule has 2 amide bonds. The summed E-state index contributed by atoms with van der Waals surface area (Å²) in [4.78, 5) is 28.1. The number of benzene rings is 2. The second kappa shape index (κ2) is 12.2. The van der Waals surface area contributed by atoms with Gasteiger partial charge in [0.25, 0.3) is 0 Å².